The SMILES string of the molecule is CNCCCO[C@H]1CCN(C)C1. The maximum Gasteiger partial charge on any atom is 0.0714 e. The van der Waals surface area contributed by atoms with Gasteiger partial charge in [0.2, 0.25) is 0 Å². The van der Waals surface area contributed by atoms with E-state index in [1.165, 1.54) is 13.0 Å². The van der Waals surface area contributed by atoms with Gasteiger partial charge in [-0.15, -0.1) is 0 Å². The Labute approximate surface area is 75.1 Å². The molecule has 72 valence electrons. The molecule has 1 atom stereocenters. The lowest BCUT2D eigenvalue weighted by Gasteiger charge is -2.11. The van der Waals surface area contributed by atoms with E-state index < -0.39 is 0 Å². The van der Waals surface area contributed by atoms with Gasteiger partial charge < -0.3 is 15.0 Å². The van der Waals surface area contributed by atoms with Gasteiger partial charge in [0, 0.05) is 19.7 Å². The highest BCUT2D eigenvalue weighted by atomic mass is 16.5. The Hall–Kier alpha value is -0.120. The number of ether oxygens (including phenoxy) is 1. The fraction of sp³-hybridized carbons (Fsp3) is 1.00. The fourth-order valence-electron chi connectivity index (χ4n) is 1.53. The van der Waals surface area contributed by atoms with Gasteiger partial charge in [-0.05, 0) is 33.5 Å². The van der Waals surface area contributed by atoms with Crippen molar-refractivity contribution in [2.24, 2.45) is 0 Å². The second-order valence-electron chi connectivity index (χ2n) is 3.50. The third kappa shape index (κ3) is 3.52. The highest BCUT2D eigenvalue weighted by Gasteiger charge is 2.18. The third-order valence-corrected chi connectivity index (χ3v) is 2.27. The molecule has 3 nitrogen and oxygen atoms in total. The van der Waals surface area contributed by atoms with Crippen LogP contribution in [0.2, 0.25) is 0 Å². The minimum atomic E-state index is 0.492. The summed E-state index contributed by atoms with van der Waals surface area (Å²) in [5.41, 5.74) is 0. The summed E-state index contributed by atoms with van der Waals surface area (Å²) in [6.07, 6.45) is 2.82. The van der Waals surface area contributed by atoms with Gasteiger partial charge in [-0.1, -0.05) is 0 Å². The molecule has 1 fully saturated rings. The molecule has 1 aliphatic rings. The second-order valence-corrected chi connectivity index (χ2v) is 3.50. The van der Waals surface area contributed by atoms with Crippen molar-refractivity contribution in [2.45, 2.75) is 18.9 Å². The Morgan fingerprint density at radius 1 is 1.58 bits per heavy atom. The number of nitrogens with one attached hydrogen (secondary N) is 1. The minimum Gasteiger partial charge on any atom is -0.377 e. The molecule has 0 radical (unpaired) electrons. The molecule has 0 spiro atoms. The molecule has 0 saturated carbocycles. The summed E-state index contributed by atoms with van der Waals surface area (Å²) < 4.78 is 5.69. The van der Waals surface area contributed by atoms with E-state index in [0.29, 0.717) is 6.10 Å². The average molecular weight is 172 g/mol. The number of hydrogen-bond donors (Lipinski definition) is 1. The first-order chi connectivity index (χ1) is 5.83. The van der Waals surface area contributed by atoms with E-state index in [0.717, 1.165) is 26.1 Å². The van der Waals surface area contributed by atoms with Gasteiger partial charge in [-0.2, -0.15) is 0 Å². The monoisotopic (exact) mass is 172 g/mol. The molecule has 0 bridgehead atoms. The Morgan fingerprint density at radius 2 is 2.42 bits per heavy atom. The molecule has 0 amide bonds. The summed E-state index contributed by atoms with van der Waals surface area (Å²) in [6.45, 7) is 4.26. The van der Waals surface area contributed by atoms with Crippen LogP contribution >= 0.6 is 0 Å². The summed E-state index contributed by atoms with van der Waals surface area (Å²) in [6, 6.07) is 0. The summed E-state index contributed by atoms with van der Waals surface area (Å²) >= 11 is 0. The van der Waals surface area contributed by atoms with Gasteiger partial charge >= 0.3 is 0 Å². The van der Waals surface area contributed by atoms with Crippen LogP contribution in [-0.4, -0.2) is 51.3 Å². The smallest absolute Gasteiger partial charge is 0.0714 e. The first-order valence-corrected chi connectivity index (χ1v) is 4.77. The van der Waals surface area contributed by atoms with Crippen LogP contribution in [0.25, 0.3) is 0 Å². The van der Waals surface area contributed by atoms with Crippen molar-refractivity contribution in [3.05, 3.63) is 0 Å². The molecule has 1 N–H and O–H groups in total. The van der Waals surface area contributed by atoms with Crippen molar-refractivity contribution >= 4 is 0 Å². The molecule has 1 heterocycles. The third-order valence-electron chi connectivity index (χ3n) is 2.27. The maximum atomic E-state index is 5.69. The lowest BCUT2D eigenvalue weighted by atomic mass is 10.3. The minimum absolute atomic E-state index is 0.492. The zero-order valence-corrected chi connectivity index (χ0v) is 8.18. The predicted octanol–water partition coefficient (Wildman–Crippen LogP) is 0.317. The van der Waals surface area contributed by atoms with Crippen molar-refractivity contribution in [1.82, 2.24) is 10.2 Å². The fourth-order valence-corrected chi connectivity index (χ4v) is 1.53. The number of rotatable bonds is 5. The summed E-state index contributed by atoms with van der Waals surface area (Å²) in [5.74, 6) is 0. The van der Waals surface area contributed by atoms with Crippen LogP contribution in [0.5, 0.6) is 0 Å². The molecule has 1 rings (SSSR count). The number of nitrogens with zero attached hydrogens (tertiary/aromatic N) is 1. The van der Waals surface area contributed by atoms with Gasteiger partial charge in [0.1, 0.15) is 0 Å². The normalized spacial score (nSPS) is 25.0. The van der Waals surface area contributed by atoms with Crippen molar-refractivity contribution in [3.63, 3.8) is 0 Å². The molecule has 1 aliphatic heterocycles. The predicted molar refractivity (Wildman–Crippen MR) is 50.4 cm³/mol. The van der Waals surface area contributed by atoms with Crippen LogP contribution in [0.3, 0.4) is 0 Å². The number of likely N-dealkylation sites (tertiary alicyclic amines) is 1. The first-order valence-electron chi connectivity index (χ1n) is 4.77. The lowest BCUT2D eigenvalue weighted by molar-refractivity contribution is 0.0596. The van der Waals surface area contributed by atoms with Gasteiger partial charge in [0.15, 0.2) is 0 Å². The van der Waals surface area contributed by atoms with E-state index in [2.05, 4.69) is 17.3 Å². The lowest BCUT2D eigenvalue weighted by Crippen LogP contribution is -2.20. The van der Waals surface area contributed by atoms with Crippen LogP contribution in [0.1, 0.15) is 12.8 Å². The van der Waals surface area contributed by atoms with E-state index in [9.17, 15) is 0 Å². The van der Waals surface area contributed by atoms with Crippen molar-refractivity contribution in [1.29, 1.82) is 0 Å². The molecule has 0 aromatic rings. The average Bonchev–Trinajstić information content (AvgIpc) is 2.45. The Balaban J connectivity index is 1.93. The van der Waals surface area contributed by atoms with Crippen molar-refractivity contribution in [3.8, 4) is 0 Å². The van der Waals surface area contributed by atoms with Crippen LogP contribution in [0.15, 0.2) is 0 Å². The Morgan fingerprint density at radius 3 is 3.00 bits per heavy atom. The molecule has 0 unspecified atom stereocenters. The molecule has 3 heteroatoms. The molecular weight excluding hydrogens is 152 g/mol. The largest absolute Gasteiger partial charge is 0.377 e. The maximum absolute atomic E-state index is 5.69. The van der Waals surface area contributed by atoms with Crippen LogP contribution in [0.4, 0.5) is 0 Å². The molecule has 12 heavy (non-hydrogen) atoms. The van der Waals surface area contributed by atoms with Crippen molar-refractivity contribution in [2.75, 3.05) is 40.3 Å². The van der Waals surface area contributed by atoms with Crippen LogP contribution in [0, 0.1) is 0 Å². The second kappa shape index (κ2) is 5.51. The molecular formula is C9H20N2O. The highest BCUT2D eigenvalue weighted by molar-refractivity contribution is 4.72. The van der Waals surface area contributed by atoms with Gasteiger partial charge in [0.05, 0.1) is 6.10 Å². The molecule has 0 aromatic heterocycles. The van der Waals surface area contributed by atoms with Crippen LogP contribution in [-0.2, 0) is 4.74 Å². The van der Waals surface area contributed by atoms with E-state index in [1.807, 2.05) is 7.05 Å². The molecule has 1 saturated heterocycles. The number of likely N-dealkylation sites (N-methyl/N-ethyl adjacent to an activating group) is 1. The number of hydrogen-bond acceptors (Lipinski definition) is 3. The highest BCUT2D eigenvalue weighted by Crippen LogP contribution is 2.09. The zero-order chi connectivity index (χ0) is 8.81. The van der Waals surface area contributed by atoms with Crippen LogP contribution < -0.4 is 5.32 Å². The standard InChI is InChI=1S/C9H20N2O/c1-10-5-3-7-12-9-4-6-11(2)8-9/h9-10H,3-8H2,1-2H3/t9-/m0/s1. The van der Waals surface area contributed by atoms with Crippen molar-refractivity contribution < 1.29 is 4.74 Å². The summed E-state index contributed by atoms with van der Waals surface area (Å²) in [4.78, 5) is 2.32. The van der Waals surface area contributed by atoms with E-state index in [-0.39, 0.29) is 0 Å². The zero-order valence-electron chi connectivity index (χ0n) is 8.18. The quantitative estimate of drug-likeness (QED) is 0.604. The van der Waals surface area contributed by atoms with E-state index in [4.69, 9.17) is 4.74 Å². The Bertz CT molecular complexity index is 119. The summed E-state index contributed by atoms with van der Waals surface area (Å²) in [7, 11) is 4.13. The van der Waals surface area contributed by atoms with E-state index in [1.54, 1.807) is 0 Å². The molecule has 0 aromatic carbocycles. The van der Waals surface area contributed by atoms with E-state index >= 15 is 0 Å². The van der Waals surface area contributed by atoms with Gasteiger partial charge in [-0.25, -0.2) is 0 Å². The van der Waals surface area contributed by atoms with Gasteiger partial charge in [0.25, 0.3) is 0 Å². The molecule has 0 aliphatic carbocycles. The topological polar surface area (TPSA) is 24.5 Å². The Kier molecular flexibility index (Phi) is 4.58. The summed E-state index contributed by atoms with van der Waals surface area (Å²) in [5, 5.41) is 3.11. The van der Waals surface area contributed by atoms with Gasteiger partial charge in [-0.3, -0.25) is 0 Å². The first kappa shape index (κ1) is 9.96.